The van der Waals surface area contributed by atoms with Crippen molar-refractivity contribution in [3.8, 4) is 11.1 Å². The molecule has 15 aromatic rings. The number of hydrogen-bond donors (Lipinski definition) is 0. The van der Waals surface area contributed by atoms with Crippen LogP contribution < -0.4 is 57.3 Å². The van der Waals surface area contributed by atoms with Crippen molar-refractivity contribution in [1.29, 1.82) is 0 Å². The molecular weight excluding hydrogens is 1150 g/mol. The van der Waals surface area contributed by atoms with Crippen LogP contribution in [0.25, 0.3) is 33.1 Å². The van der Waals surface area contributed by atoms with E-state index in [1.165, 1.54) is 42.6 Å². The van der Waals surface area contributed by atoms with Crippen molar-refractivity contribution < 1.29 is 4.42 Å². The van der Waals surface area contributed by atoms with Crippen molar-refractivity contribution in [2.45, 2.75) is 9.79 Å². The van der Waals surface area contributed by atoms with Gasteiger partial charge in [0.1, 0.15) is 11.2 Å². The van der Waals surface area contributed by atoms with Crippen LogP contribution in [0.1, 0.15) is 0 Å². The van der Waals surface area contributed by atoms with Gasteiger partial charge in [0.05, 0.1) is 11.4 Å². The number of rotatable bonds is 10. The molecule has 0 fully saturated rings. The Bertz CT molecular complexity index is 5350. The molecule has 14 aromatic carbocycles. The number of fused-ring (bicyclic) bond motifs is 11. The van der Waals surface area contributed by atoms with Crippen molar-refractivity contribution in [3.05, 3.63) is 334 Å². The average Bonchev–Trinajstić information content (AvgIpc) is 1.09. The normalized spacial score (nSPS) is 13.0. The number of furan rings is 1. The van der Waals surface area contributed by atoms with Gasteiger partial charge >= 0.3 is 0 Å². The molecule has 0 N–H and O–H groups in total. The summed E-state index contributed by atoms with van der Waals surface area (Å²) in [6.07, 6.45) is 0. The van der Waals surface area contributed by atoms with Gasteiger partial charge < -0.3 is 28.9 Å². The van der Waals surface area contributed by atoms with Crippen molar-refractivity contribution in [2.75, 3.05) is 24.5 Å². The van der Waals surface area contributed by atoms with Crippen LogP contribution in [0.2, 0.25) is 0 Å². The predicted octanol–water partition coefficient (Wildman–Crippen LogP) is 19.0. The molecule has 0 radical (unpaired) electrons. The van der Waals surface area contributed by atoms with Gasteiger partial charge in [-0.2, -0.15) is 0 Å². The second-order valence-electron chi connectivity index (χ2n) is 24.3. The molecule has 0 saturated heterocycles. The van der Waals surface area contributed by atoms with Gasteiger partial charge in [0, 0.05) is 106 Å². The molecule has 9 heteroatoms. The molecule has 0 bridgehead atoms. The smallest absolute Gasteiger partial charge is 0.252 e. The topological polar surface area (TPSA) is 29.3 Å². The van der Waals surface area contributed by atoms with Crippen LogP contribution in [0.15, 0.2) is 348 Å². The highest BCUT2D eigenvalue weighted by Crippen LogP contribution is 2.53. The zero-order valence-electron chi connectivity index (χ0n) is 50.5. The highest BCUT2D eigenvalue weighted by Gasteiger charge is 2.48. The second-order valence-corrected chi connectivity index (χ2v) is 25.4. The van der Waals surface area contributed by atoms with Gasteiger partial charge in [0.25, 0.3) is 6.71 Å². The van der Waals surface area contributed by atoms with E-state index in [0.717, 1.165) is 118 Å². The van der Waals surface area contributed by atoms with E-state index in [2.05, 4.69) is 358 Å². The van der Waals surface area contributed by atoms with Crippen LogP contribution in [-0.2, 0) is 0 Å². The highest BCUT2D eigenvalue weighted by atomic mass is 32.2. The van der Waals surface area contributed by atoms with Crippen LogP contribution in [0, 0.1) is 0 Å². The Labute approximate surface area is 545 Å². The molecular formula is C84H55B2N5OS. The van der Waals surface area contributed by atoms with Crippen molar-refractivity contribution in [3.63, 3.8) is 0 Å². The third kappa shape index (κ3) is 8.40. The SMILES string of the molecule is c1ccc(N(c2ccccc2)c2cc3c4c(c2)N(c2ccccc2)c2cc5c(cc2B4c2ccccc2S3)B2c3ccccc3N(c3ccccc3-c3cccc4c3oc3ccccc34)c3cc(N(c4ccccc4)c4ccccc4)cc(c32)N5c2ccccc2)cc1. The van der Waals surface area contributed by atoms with Crippen LogP contribution in [-0.4, -0.2) is 13.4 Å². The summed E-state index contributed by atoms with van der Waals surface area (Å²) in [5.41, 5.74) is 27.9. The Morgan fingerprint density at radius 2 is 0.710 bits per heavy atom. The van der Waals surface area contributed by atoms with Gasteiger partial charge in [0.15, 0.2) is 0 Å². The van der Waals surface area contributed by atoms with E-state index < -0.39 is 0 Å². The van der Waals surface area contributed by atoms with Crippen molar-refractivity contribution in [2.24, 2.45) is 0 Å². The fourth-order valence-electron chi connectivity index (χ4n) is 15.4. The number of para-hydroxylation sites is 10. The summed E-state index contributed by atoms with van der Waals surface area (Å²) >= 11 is 1.89. The molecule has 0 aliphatic carbocycles. The minimum Gasteiger partial charge on any atom is -0.455 e. The molecule has 4 aliphatic heterocycles. The zero-order chi connectivity index (χ0) is 61.1. The molecule has 0 spiro atoms. The van der Waals surface area contributed by atoms with Gasteiger partial charge in [-0.3, -0.25) is 0 Å². The summed E-state index contributed by atoms with van der Waals surface area (Å²) in [5.74, 6) is 0. The predicted molar refractivity (Wildman–Crippen MR) is 392 cm³/mol. The van der Waals surface area contributed by atoms with E-state index in [4.69, 9.17) is 4.42 Å². The fraction of sp³-hybridized carbons (Fsp3) is 0. The van der Waals surface area contributed by atoms with Crippen LogP contribution in [0.5, 0.6) is 0 Å². The van der Waals surface area contributed by atoms with Gasteiger partial charge in [0.2, 0.25) is 6.71 Å². The quantitative estimate of drug-likeness (QED) is 0.126. The van der Waals surface area contributed by atoms with E-state index in [-0.39, 0.29) is 13.4 Å². The Morgan fingerprint density at radius 3 is 1.31 bits per heavy atom. The number of nitrogens with zero attached hydrogens (tertiary/aromatic N) is 5. The first kappa shape index (κ1) is 53.2. The van der Waals surface area contributed by atoms with E-state index in [9.17, 15) is 0 Å². The Balaban J connectivity index is 0.914. The minimum atomic E-state index is -0.198. The Morgan fingerprint density at radius 1 is 0.269 bits per heavy atom. The first-order valence-electron chi connectivity index (χ1n) is 31.9. The summed E-state index contributed by atoms with van der Waals surface area (Å²) in [6, 6.07) is 123. The van der Waals surface area contributed by atoms with Crippen LogP contribution >= 0.6 is 11.8 Å². The first-order chi connectivity index (χ1) is 46.2. The van der Waals surface area contributed by atoms with E-state index in [0.29, 0.717) is 0 Å². The average molecular weight is 1200 g/mol. The second kappa shape index (κ2) is 21.5. The molecule has 6 nitrogen and oxygen atoms in total. The van der Waals surface area contributed by atoms with Crippen molar-refractivity contribution >= 4 is 165 Å². The lowest BCUT2D eigenvalue weighted by atomic mass is 9.30. The first-order valence-corrected chi connectivity index (χ1v) is 32.7. The van der Waals surface area contributed by atoms with Gasteiger partial charge in [-0.15, -0.1) is 0 Å². The molecule has 1 aromatic heterocycles. The molecule has 5 heterocycles. The monoisotopic (exact) mass is 1200 g/mol. The Hall–Kier alpha value is -11.6. The lowest BCUT2D eigenvalue weighted by Gasteiger charge is -2.47. The lowest BCUT2D eigenvalue weighted by Crippen LogP contribution is -2.64. The summed E-state index contributed by atoms with van der Waals surface area (Å²) in [7, 11) is 0. The van der Waals surface area contributed by atoms with E-state index in [1.807, 2.05) is 11.8 Å². The number of anilines is 15. The fourth-order valence-corrected chi connectivity index (χ4v) is 16.6. The molecule has 19 rings (SSSR count). The summed E-state index contributed by atoms with van der Waals surface area (Å²) in [4.78, 5) is 15.1. The molecule has 0 unspecified atom stereocenters. The summed E-state index contributed by atoms with van der Waals surface area (Å²) in [5, 5.41) is 2.20. The maximum absolute atomic E-state index is 6.90. The van der Waals surface area contributed by atoms with Gasteiger partial charge in [-0.05, 0) is 155 Å². The lowest BCUT2D eigenvalue weighted by molar-refractivity contribution is 0.670. The largest absolute Gasteiger partial charge is 0.455 e. The standard InChI is InChI=1S/C84H55B2N5OS/c1-7-28-56(29-8-1)87(57-30-9-2-10-31-57)62-50-76-82-77(51-62)91(72-46-23-19-40-64(72)66-42-27-43-67-65-41-20-25-48-79(65)92-84(66)67)73-47-24-21-44-68(73)85(82)70-54-71-75(55-74(70)89(76)60-36-15-5-16-37-60)90(61-38-17-6-18-39-61)78-52-63(53-81-83(78)86(71)69-45-22-26-49-80(69)93-81)88(58-32-11-3-12-33-58)59-34-13-4-14-35-59/h1-55H. The highest BCUT2D eigenvalue weighted by molar-refractivity contribution is 8.00. The molecule has 93 heavy (non-hydrogen) atoms. The zero-order valence-corrected chi connectivity index (χ0v) is 51.3. The third-order valence-electron chi connectivity index (χ3n) is 19.2. The summed E-state index contributed by atoms with van der Waals surface area (Å²) in [6.45, 7) is -0.290. The number of hydrogen-bond acceptors (Lipinski definition) is 7. The van der Waals surface area contributed by atoms with Crippen molar-refractivity contribution in [1.82, 2.24) is 0 Å². The maximum atomic E-state index is 6.90. The Kier molecular flexibility index (Phi) is 12.3. The van der Waals surface area contributed by atoms with Gasteiger partial charge in [-0.1, -0.05) is 223 Å². The molecule has 0 amide bonds. The molecule has 0 saturated carbocycles. The molecule has 4 aliphatic rings. The van der Waals surface area contributed by atoms with Gasteiger partial charge in [-0.25, -0.2) is 0 Å². The maximum Gasteiger partial charge on any atom is 0.252 e. The summed E-state index contributed by atoms with van der Waals surface area (Å²) < 4.78 is 6.90. The third-order valence-corrected chi connectivity index (χ3v) is 20.3. The van der Waals surface area contributed by atoms with E-state index >= 15 is 0 Å². The molecule has 434 valence electrons. The molecule has 0 atom stereocenters. The number of benzene rings is 14. The minimum absolute atomic E-state index is 0.0921. The van der Waals surface area contributed by atoms with Crippen LogP contribution in [0.4, 0.5) is 85.3 Å². The van der Waals surface area contributed by atoms with Crippen LogP contribution in [0.3, 0.4) is 0 Å². The van der Waals surface area contributed by atoms with E-state index in [1.54, 1.807) is 0 Å².